The first-order valence-corrected chi connectivity index (χ1v) is 6.39. The molecule has 0 aliphatic rings. The molecule has 0 saturated heterocycles. The Morgan fingerprint density at radius 1 is 1.47 bits per heavy atom. The summed E-state index contributed by atoms with van der Waals surface area (Å²) in [6, 6.07) is 6.46. The highest BCUT2D eigenvalue weighted by Crippen LogP contribution is 2.29. The van der Waals surface area contributed by atoms with Crippen LogP contribution in [0.15, 0.2) is 29.8 Å². The Labute approximate surface area is 105 Å². The van der Waals surface area contributed by atoms with E-state index in [9.17, 15) is 0 Å². The Morgan fingerprint density at radius 2 is 2.29 bits per heavy atom. The zero-order valence-corrected chi connectivity index (χ0v) is 11.0. The fourth-order valence-electron chi connectivity index (χ4n) is 1.66. The minimum absolute atomic E-state index is 0.269. The second kappa shape index (κ2) is 5.19. The highest BCUT2D eigenvalue weighted by atomic mass is 32.1. The Bertz CT molecular complexity index is 482. The Kier molecular flexibility index (Phi) is 3.64. The van der Waals surface area contributed by atoms with Gasteiger partial charge in [-0.1, -0.05) is 6.07 Å². The van der Waals surface area contributed by atoms with Crippen molar-refractivity contribution in [3.63, 3.8) is 0 Å². The normalized spacial score (nSPS) is 12.2. The van der Waals surface area contributed by atoms with Crippen molar-refractivity contribution >= 4 is 17.0 Å². The zero-order valence-electron chi connectivity index (χ0n) is 10.2. The molecule has 0 fully saturated rings. The fraction of sp³-hybridized carbons (Fsp3) is 0.308. The molecule has 2 rings (SSSR count). The van der Waals surface area contributed by atoms with Crippen LogP contribution in [-0.4, -0.2) is 12.1 Å². The highest BCUT2D eigenvalue weighted by Gasteiger charge is 2.10. The lowest BCUT2D eigenvalue weighted by atomic mass is 10.2. The number of aryl methyl sites for hydroxylation is 1. The average Bonchev–Trinajstić information content (AvgIpc) is 2.83. The number of aromatic nitrogens is 1. The van der Waals surface area contributed by atoms with Gasteiger partial charge in [0, 0.05) is 10.6 Å². The van der Waals surface area contributed by atoms with Gasteiger partial charge in [0.2, 0.25) is 0 Å². The van der Waals surface area contributed by atoms with Gasteiger partial charge in [0.1, 0.15) is 0 Å². The molecule has 0 amide bonds. The summed E-state index contributed by atoms with van der Waals surface area (Å²) in [7, 11) is 1.66. The van der Waals surface area contributed by atoms with Crippen molar-refractivity contribution in [3.8, 4) is 5.75 Å². The number of nitrogens with one attached hydrogen (secondary N) is 1. The number of nitrogens with zero attached hydrogens (tertiary/aromatic N) is 1. The first-order chi connectivity index (χ1) is 8.20. The predicted molar refractivity (Wildman–Crippen MR) is 71.9 cm³/mol. The summed E-state index contributed by atoms with van der Waals surface area (Å²) in [6.45, 7) is 4.11. The van der Waals surface area contributed by atoms with Gasteiger partial charge in [-0.05, 0) is 31.4 Å². The van der Waals surface area contributed by atoms with Crippen molar-refractivity contribution in [2.45, 2.75) is 19.9 Å². The van der Waals surface area contributed by atoms with Crippen LogP contribution in [0, 0.1) is 6.92 Å². The number of hydrogen-bond donors (Lipinski definition) is 1. The summed E-state index contributed by atoms with van der Waals surface area (Å²) in [5, 5.41) is 5.54. The van der Waals surface area contributed by atoms with Crippen molar-refractivity contribution in [2.75, 3.05) is 12.4 Å². The second-order valence-corrected chi connectivity index (χ2v) is 4.89. The van der Waals surface area contributed by atoms with E-state index >= 15 is 0 Å². The third kappa shape index (κ3) is 2.77. The molecule has 0 spiro atoms. The van der Waals surface area contributed by atoms with Gasteiger partial charge in [-0.25, -0.2) is 0 Å². The van der Waals surface area contributed by atoms with Crippen LogP contribution in [0.4, 0.5) is 5.69 Å². The fourth-order valence-corrected chi connectivity index (χ4v) is 2.40. The SMILES string of the molecule is COc1cnc(C)cc1NC(C)c1cccs1. The van der Waals surface area contributed by atoms with E-state index in [0.717, 1.165) is 17.1 Å². The molecule has 2 heterocycles. The minimum atomic E-state index is 0.269. The highest BCUT2D eigenvalue weighted by molar-refractivity contribution is 7.10. The van der Waals surface area contributed by atoms with Crippen LogP contribution in [0.3, 0.4) is 0 Å². The Balaban J connectivity index is 2.20. The molecule has 2 aromatic rings. The van der Waals surface area contributed by atoms with Gasteiger partial charge in [0.25, 0.3) is 0 Å². The third-order valence-corrected chi connectivity index (χ3v) is 3.62. The van der Waals surface area contributed by atoms with Crippen LogP contribution in [0.5, 0.6) is 5.75 Å². The molecule has 3 nitrogen and oxygen atoms in total. The maximum absolute atomic E-state index is 5.30. The molecule has 1 N–H and O–H groups in total. The van der Waals surface area contributed by atoms with Crippen LogP contribution in [0.2, 0.25) is 0 Å². The number of anilines is 1. The molecule has 17 heavy (non-hydrogen) atoms. The van der Waals surface area contributed by atoms with Crippen molar-refractivity contribution in [1.82, 2.24) is 4.98 Å². The Hall–Kier alpha value is -1.55. The van der Waals surface area contributed by atoms with Gasteiger partial charge >= 0.3 is 0 Å². The Morgan fingerprint density at radius 3 is 2.94 bits per heavy atom. The zero-order chi connectivity index (χ0) is 12.3. The molecule has 1 atom stereocenters. The summed E-state index contributed by atoms with van der Waals surface area (Å²) >= 11 is 1.75. The molecule has 4 heteroatoms. The van der Waals surface area contributed by atoms with Crippen molar-refractivity contribution < 1.29 is 4.74 Å². The number of thiophene rings is 1. The number of ether oxygens (including phenoxy) is 1. The summed E-state index contributed by atoms with van der Waals surface area (Å²) in [6.07, 6.45) is 1.75. The van der Waals surface area contributed by atoms with E-state index in [2.05, 4.69) is 34.7 Å². The topological polar surface area (TPSA) is 34.1 Å². The lowest BCUT2D eigenvalue weighted by molar-refractivity contribution is 0.414. The first kappa shape index (κ1) is 11.9. The van der Waals surface area contributed by atoms with Crippen LogP contribution < -0.4 is 10.1 Å². The van der Waals surface area contributed by atoms with E-state index in [1.54, 1.807) is 24.6 Å². The summed E-state index contributed by atoms with van der Waals surface area (Å²) in [5.41, 5.74) is 1.97. The molecule has 0 aromatic carbocycles. The molecule has 0 bridgehead atoms. The van der Waals surface area contributed by atoms with Gasteiger partial charge in [0.15, 0.2) is 5.75 Å². The third-order valence-electron chi connectivity index (χ3n) is 2.57. The first-order valence-electron chi connectivity index (χ1n) is 5.51. The van der Waals surface area contributed by atoms with Gasteiger partial charge in [-0.15, -0.1) is 11.3 Å². The van der Waals surface area contributed by atoms with Crippen molar-refractivity contribution in [1.29, 1.82) is 0 Å². The lowest BCUT2D eigenvalue weighted by Gasteiger charge is -2.16. The summed E-state index contributed by atoms with van der Waals surface area (Å²) < 4.78 is 5.30. The number of methoxy groups -OCH3 is 1. The molecule has 90 valence electrons. The molecule has 0 saturated carbocycles. The molecular formula is C13H16N2OS. The van der Waals surface area contributed by atoms with Gasteiger partial charge < -0.3 is 10.1 Å². The van der Waals surface area contributed by atoms with E-state index in [4.69, 9.17) is 4.74 Å². The van der Waals surface area contributed by atoms with Gasteiger partial charge in [0.05, 0.1) is 25.0 Å². The van der Waals surface area contributed by atoms with Crippen LogP contribution in [0.1, 0.15) is 23.5 Å². The number of pyridine rings is 1. The molecule has 0 aliphatic carbocycles. The predicted octanol–water partition coefficient (Wildman–Crippen LogP) is 3.63. The smallest absolute Gasteiger partial charge is 0.160 e. The van der Waals surface area contributed by atoms with E-state index in [-0.39, 0.29) is 6.04 Å². The maximum atomic E-state index is 5.30. The lowest BCUT2D eigenvalue weighted by Crippen LogP contribution is -2.06. The van der Waals surface area contributed by atoms with Crippen molar-refractivity contribution in [2.24, 2.45) is 0 Å². The minimum Gasteiger partial charge on any atom is -0.493 e. The average molecular weight is 248 g/mol. The van der Waals surface area contributed by atoms with Crippen LogP contribution >= 0.6 is 11.3 Å². The van der Waals surface area contributed by atoms with Gasteiger partial charge in [-0.3, -0.25) is 4.98 Å². The standard InChI is InChI=1S/C13H16N2OS/c1-9-7-11(12(16-3)8-14-9)15-10(2)13-5-4-6-17-13/h4-8,10H,1-3H3,(H,14,15). The monoisotopic (exact) mass is 248 g/mol. The maximum Gasteiger partial charge on any atom is 0.160 e. The molecular weight excluding hydrogens is 232 g/mol. The van der Waals surface area contributed by atoms with E-state index < -0.39 is 0 Å². The number of hydrogen-bond acceptors (Lipinski definition) is 4. The van der Waals surface area contributed by atoms with Crippen LogP contribution in [0.25, 0.3) is 0 Å². The van der Waals surface area contributed by atoms with Crippen LogP contribution in [-0.2, 0) is 0 Å². The van der Waals surface area contributed by atoms with E-state index in [1.165, 1.54) is 4.88 Å². The van der Waals surface area contributed by atoms with E-state index in [1.807, 2.05) is 13.0 Å². The molecule has 0 aliphatic heterocycles. The number of rotatable bonds is 4. The van der Waals surface area contributed by atoms with E-state index in [0.29, 0.717) is 0 Å². The summed E-state index contributed by atoms with van der Waals surface area (Å²) in [4.78, 5) is 5.53. The quantitative estimate of drug-likeness (QED) is 0.897. The summed E-state index contributed by atoms with van der Waals surface area (Å²) in [5.74, 6) is 0.777. The second-order valence-electron chi connectivity index (χ2n) is 3.91. The van der Waals surface area contributed by atoms with Gasteiger partial charge in [-0.2, -0.15) is 0 Å². The molecule has 1 unspecified atom stereocenters. The molecule has 0 radical (unpaired) electrons. The molecule has 2 aromatic heterocycles. The van der Waals surface area contributed by atoms with Crippen molar-refractivity contribution in [3.05, 3.63) is 40.3 Å². The largest absolute Gasteiger partial charge is 0.493 e.